The SMILES string of the molecule is O=C(Nc1ccc2c(c1)CN(C(=O)C1CC1)CC2)Nc1ccc2c(c1)OCO2. The third-order valence-electron chi connectivity index (χ3n) is 5.35. The van der Waals surface area contributed by atoms with E-state index >= 15 is 0 Å². The van der Waals surface area contributed by atoms with Crippen LogP contribution < -0.4 is 20.1 Å². The van der Waals surface area contributed by atoms with Crippen molar-refractivity contribution >= 4 is 23.3 Å². The van der Waals surface area contributed by atoms with Gasteiger partial charge in [-0.3, -0.25) is 4.79 Å². The van der Waals surface area contributed by atoms with Gasteiger partial charge in [-0.15, -0.1) is 0 Å². The molecule has 2 aromatic rings. The summed E-state index contributed by atoms with van der Waals surface area (Å²) in [6.45, 7) is 1.59. The third-order valence-corrected chi connectivity index (χ3v) is 5.35. The number of nitrogens with zero attached hydrogens (tertiary/aromatic N) is 1. The van der Waals surface area contributed by atoms with Crippen molar-refractivity contribution in [3.63, 3.8) is 0 Å². The summed E-state index contributed by atoms with van der Waals surface area (Å²) in [5, 5.41) is 5.66. The highest BCUT2D eigenvalue weighted by Gasteiger charge is 2.34. The molecule has 0 radical (unpaired) electrons. The van der Waals surface area contributed by atoms with Gasteiger partial charge in [-0.1, -0.05) is 6.07 Å². The van der Waals surface area contributed by atoms with Gasteiger partial charge in [0.15, 0.2) is 11.5 Å². The molecule has 2 aromatic carbocycles. The Kier molecular flexibility index (Phi) is 4.07. The molecular formula is C21H21N3O4. The largest absolute Gasteiger partial charge is 0.454 e. The van der Waals surface area contributed by atoms with Crippen molar-refractivity contribution in [1.82, 2.24) is 4.90 Å². The van der Waals surface area contributed by atoms with Crippen LogP contribution in [0.3, 0.4) is 0 Å². The number of ether oxygens (including phenoxy) is 2. The smallest absolute Gasteiger partial charge is 0.323 e. The molecule has 2 aliphatic heterocycles. The number of nitrogens with one attached hydrogen (secondary N) is 2. The van der Waals surface area contributed by atoms with Gasteiger partial charge in [0.2, 0.25) is 12.7 Å². The first-order valence-electron chi connectivity index (χ1n) is 9.54. The van der Waals surface area contributed by atoms with Gasteiger partial charge in [-0.25, -0.2) is 4.79 Å². The fraction of sp³-hybridized carbons (Fsp3) is 0.333. The highest BCUT2D eigenvalue weighted by atomic mass is 16.7. The van der Waals surface area contributed by atoms with Gasteiger partial charge in [0.1, 0.15) is 0 Å². The maximum absolute atomic E-state index is 12.4. The average molecular weight is 379 g/mol. The second kappa shape index (κ2) is 6.74. The van der Waals surface area contributed by atoms with E-state index in [0.717, 1.165) is 31.4 Å². The lowest BCUT2D eigenvalue weighted by Gasteiger charge is -2.29. The zero-order valence-corrected chi connectivity index (χ0v) is 15.4. The van der Waals surface area contributed by atoms with Crippen LogP contribution in [-0.4, -0.2) is 30.2 Å². The summed E-state index contributed by atoms with van der Waals surface area (Å²) in [5.41, 5.74) is 3.67. The number of rotatable bonds is 3. The molecule has 7 nitrogen and oxygen atoms in total. The van der Waals surface area contributed by atoms with Crippen LogP contribution in [0.2, 0.25) is 0 Å². The second-order valence-electron chi connectivity index (χ2n) is 7.41. The molecule has 2 N–H and O–H groups in total. The summed E-state index contributed by atoms with van der Waals surface area (Å²) in [5.74, 6) is 1.79. The van der Waals surface area contributed by atoms with Crippen LogP contribution in [0.25, 0.3) is 0 Å². The van der Waals surface area contributed by atoms with Gasteiger partial charge >= 0.3 is 6.03 Å². The lowest BCUT2D eigenvalue weighted by atomic mass is 9.98. The number of anilines is 2. The Labute approximate surface area is 162 Å². The first kappa shape index (κ1) is 16.9. The lowest BCUT2D eigenvalue weighted by molar-refractivity contribution is -0.133. The second-order valence-corrected chi connectivity index (χ2v) is 7.41. The molecule has 5 rings (SSSR count). The number of urea groups is 1. The van der Waals surface area contributed by atoms with Crippen LogP contribution in [0.15, 0.2) is 36.4 Å². The number of carbonyl (C=O) groups is 2. The third kappa shape index (κ3) is 3.35. The zero-order valence-electron chi connectivity index (χ0n) is 15.4. The summed E-state index contributed by atoms with van der Waals surface area (Å²) in [6, 6.07) is 10.8. The molecule has 28 heavy (non-hydrogen) atoms. The van der Waals surface area contributed by atoms with E-state index in [2.05, 4.69) is 10.6 Å². The Bertz CT molecular complexity index is 955. The summed E-state index contributed by atoms with van der Waals surface area (Å²) in [7, 11) is 0. The number of benzene rings is 2. The van der Waals surface area contributed by atoms with Crippen molar-refractivity contribution in [3.8, 4) is 11.5 Å². The normalized spacial score (nSPS) is 17.1. The maximum atomic E-state index is 12.4. The van der Waals surface area contributed by atoms with Gasteiger partial charge in [0.25, 0.3) is 0 Å². The molecule has 3 amide bonds. The summed E-state index contributed by atoms with van der Waals surface area (Å²) >= 11 is 0. The first-order chi connectivity index (χ1) is 13.7. The topological polar surface area (TPSA) is 79.9 Å². The minimum atomic E-state index is -0.333. The molecule has 0 aromatic heterocycles. The van der Waals surface area contributed by atoms with Crippen LogP contribution in [0, 0.1) is 5.92 Å². The van der Waals surface area contributed by atoms with E-state index < -0.39 is 0 Å². The van der Waals surface area contributed by atoms with Crippen molar-refractivity contribution in [2.45, 2.75) is 25.8 Å². The van der Waals surface area contributed by atoms with Gasteiger partial charge in [0.05, 0.1) is 0 Å². The molecule has 1 fully saturated rings. The number of amides is 3. The molecule has 0 spiro atoms. The molecule has 7 heteroatoms. The Morgan fingerprint density at radius 2 is 1.68 bits per heavy atom. The Morgan fingerprint density at radius 3 is 2.50 bits per heavy atom. The molecule has 0 saturated heterocycles. The molecule has 2 heterocycles. The molecule has 0 bridgehead atoms. The number of hydrogen-bond acceptors (Lipinski definition) is 4. The van der Waals surface area contributed by atoms with E-state index in [1.54, 1.807) is 18.2 Å². The monoisotopic (exact) mass is 379 g/mol. The summed E-state index contributed by atoms with van der Waals surface area (Å²) in [6.07, 6.45) is 2.89. The van der Waals surface area contributed by atoms with Gasteiger partial charge in [-0.2, -0.15) is 0 Å². The number of fused-ring (bicyclic) bond motifs is 2. The minimum Gasteiger partial charge on any atom is -0.454 e. The molecule has 3 aliphatic rings. The molecule has 0 unspecified atom stereocenters. The highest BCUT2D eigenvalue weighted by molar-refractivity contribution is 6.00. The molecule has 1 saturated carbocycles. The van der Waals surface area contributed by atoms with Crippen molar-refractivity contribution in [1.29, 1.82) is 0 Å². The van der Waals surface area contributed by atoms with Crippen molar-refractivity contribution in [2.24, 2.45) is 5.92 Å². The van der Waals surface area contributed by atoms with Gasteiger partial charge < -0.3 is 25.0 Å². The molecular weight excluding hydrogens is 358 g/mol. The van der Waals surface area contributed by atoms with E-state index in [-0.39, 0.29) is 24.6 Å². The van der Waals surface area contributed by atoms with Crippen LogP contribution in [-0.2, 0) is 17.8 Å². The summed E-state index contributed by atoms with van der Waals surface area (Å²) in [4.78, 5) is 26.6. The number of hydrogen-bond donors (Lipinski definition) is 2. The van der Waals surface area contributed by atoms with Crippen molar-refractivity contribution in [2.75, 3.05) is 24.0 Å². The van der Waals surface area contributed by atoms with E-state index in [1.165, 1.54) is 5.56 Å². The molecule has 144 valence electrons. The fourth-order valence-electron chi connectivity index (χ4n) is 3.68. The van der Waals surface area contributed by atoms with Crippen molar-refractivity contribution < 1.29 is 19.1 Å². The predicted molar refractivity (Wildman–Crippen MR) is 103 cm³/mol. The van der Waals surface area contributed by atoms with Crippen LogP contribution in [0.4, 0.5) is 16.2 Å². The Morgan fingerprint density at radius 1 is 0.929 bits per heavy atom. The van der Waals surface area contributed by atoms with Gasteiger partial charge in [0, 0.05) is 36.4 Å². The van der Waals surface area contributed by atoms with E-state index in [4.69, 9.17) is 9.47 Å². The van der Waals surface area contributed by atoms with E-state index in [0.29, 0.717) is 29.4 Å². The lowest BCUT2D eigenvalue weighted by Crippen LogP contribution is -2.36. The van der Waals surface area contributed by atoms with Crippen molar-refractivity contribution in [3.05, 3.63) is 47.5 Å². The van der Waals surface area contributed by atoms with Crippen LogP contribution >= 0.6 is 0 Å². The van der Waals surface area contributed by atoms with E-state index in [9.17, 15) is 9.59 Å². The van der Waals surface area contributed by atoms with Crippen LogP contribution in [0.5, 0.6) is 11.5 Å². The minimum absolute atomic E-state index is 0.195. The molecule has 1 aliphatic carbocycles. The maximum Gasteiger partial charge on any atom is 0.323 e. The predicted octanol–water partition coefficient (Wildman–Crippen LogP) is 3.35. The standard InChI is InChI=1S/C21H21N3O4/c25-20(14-1-2-14)24-8-7-13-3-4-16(9-15(13)11-24)22-21(26)23-17-5-6-18-19(10-17)28-12-27-18/h3-6,9-10,14H,1-2,7-8,11-12H2,(H2,22,23,26). The first-order valence-corrected chi connectivity index (χ1v) is 9.54. The zero-order chi connectivity index (χ0) is 19.1. The Balaban J connectivity index is 1.25. The van der Waals surface area contributed by atoms with Gasteiger partial charge in [-0.05, 0) is 54.7 Å². The fourth-order valence-corrected chi connectivity index (χ4v) is 3.68. The quantitative estimate of drug-likeness (QED) is 0.857. The van der Waals surface area contributed by atoms with E-state index in [1.807, 2.05) is 23.1 Å². The number of carbonyl (C=O) groups excluding carboxylic acids is 2. The highest BCUT2D eigenvalue weighted by Crippen LogP contribution is 2.35. The molecule has 0 atom stereocenters. The average Bonchev–Trinajstić information content (AvgIpc) is 3.44. The summed E-state index contributed by atoms with van der Waals surface area (Å²) < 4.78 is 10.6. The van der Waals surface area contributed by atoms with Crippen LogP contribution in [0.1, 0.15) is 24.0 Å². The Hall–Kier alpha value is -3.22.